The number of amides is 3. The van der Waals surface area contributed by atoms with Gasteiger partial charge < -0.3 is 9.64 Å². The fourth-order valence-electron chi connectivity index (χ4n) is 3.25. The largest absolute Gasteiger partial charge is 0.481 e. The van der Waals surface area contributed by atoms with Gasteiger partial charge in [0.1, 0.15) is 5.75 Å². The second kappa shape index (κ2) is 12.6. The second-order valence-electron chi connectivity index (χ2n) is 7.54. The van der Waals surface area contributed by atoms with E-state index >= 15 is 0 Å². The number of carbonyl (C=O) groups is 3. The Morgan fingerprint density at radius 2 is 1.61 bits per heavy atom. The minimum absolute atomic E-state index is 0.0675. The molecule has 0 fully saturated rings. The summed E-state index contributed by atoms with van der Waals surface area (Å²) in [6, 6.07) is 13.5. The molecular formula is C24H33N3O4. The zero-order valence-corrected chi connectivity index (χ0v) is 18.6. The summed E-state index contributed by atoms with van der Waals surface area (Å²) in [7, 11) is 0. The molecule has 0 saturated heterocycles. The van der Waals surface area contributed by atoms with Crippen LogP contribution in [0.15, 0.2) is 42.5 Å². The molecule has 2 rings (SSSR count). The van der Waals surface area contributed by atoms with Crippen molar-refractivity contribution < 1.29 is 19.1 Å². The topological polar surface area (TPSA) is 87.7 Å². The Bertz CT molecular complexity index is 878. The summed E-state index contributed by atoms with van der Waals surface area (Å²) in [5.41, 5.74) is 4.77. The van der Waals surface area contributed by atoms with E-state index in [2.05, 4.69) is 10.9 Å². The number of nitrogens with zero attached hydrogens (tertiary/aromatic N) is 1. The first-order valence-corrected chi connectivity index (χ1v) is 11.0. The standard InChI is InChI=1S/C24H33N3O4/c1-4-15-27(16-5-2)23(29)12-8-11-22(28)25-26-24(30)18(3)31-21-14-13-19-9-6-7-10-20(19)17-21/h6-7,9-10,13-14,17-18H,4-5,8,11-12,15-16H2,1-3H3,(H,25,28)(H,26,30). The van der Waals surface area contributed by atoms with Crippen LogP contribution in [0.5, 0.6) is 5.75 Å². The molecule has 2 aromatic carbocycles. The summed E-state index contributed by atoms with van der Waals surface area (Å²) in [5, 5.41) is 2.11. The van der Waals surface area contributed by atoms with E-state index in [-0.39, 0.29) is 18.2 Å². The first-order chi connectivity index (χ1) is 14.9. The van der Waals surface area contributed by atoms with Crippen LogP contribution in [-0.4, -0.2) is 41.8 Å². The first-order valence-electron chi connectivity index (χ1n) is 11.0. The molecule has 0 bridgehead atoms. The van der Waals surface area contributed by atoms with Gasteiger partial charge in [-0.25, -0.2) is 0 Å². The molecule has 3 amide bonds. The number of benzene rings is 2. The SMILES string of the molecule is CCCN(CCC)C(=O)CCCC(=O)NNC(=O)C(C)Oc1ccc2ccccc2c1. The van der Waals surface area contributed by atoms with E-state index in [1.165, 1.54) is 0 Å². The van der Waals surface area contributed by atoms with E-state index in [9.17, 15) is 14.4 Å². The molecule has 0 radical (unpaired) electrons. The van der Waals surface area contributed by atoms with E-state index in [1.807, 2.05) is 61.2 Å². The number of fused-ring (bicyclic) bond motifs is 1. The van der Waals surface area contributed by atoms with Crippen molar-refractivity contribution in [1.82, 2.24) is 15.8 Å². The van der Waals surface area contributed by atoms with Crippen molar-refractivity contribution in [1.29, 1.82) is 0 Å². The van der Waals surface area contributed by atoms with Gasteiger partial charge in [0.2, 0.25) is 11.8 Å². The highest BCUT2D eigenvalue weighted by Gasteiger charge is 2.16. The smallest absolute Gasteiger partial charge is 0.279 e. The molecule has 7 nitrogen and oxygen atoms in total. The quantitative estimate of drug-likeness (QED) is 0.537. The van der Waals surface area contributed by atoms with E-state index < -0.39 is 12.0 Å². The van der Waals surface area contributed by atoms with Gasteiger partial charge in [-0.15, -0.1) is 0 Å². The number of hydrogen-bond acceptors (Lipinski definition) is 4. The molecule has 168 valence electrons. The third-order valence-corrected chi connectivity index (χ3v) is 4.86. The highest BCUT2D eigenvalue weighted by atomic mass is 16.5. The summed E-state index contributed by atoms with van der Waals surface area (Å²) < 4.78 is 5.69. The van der Waals surface area contributed by atoms with Crippen molar-refractivity contribution in [3.63, 3.8) is 0 Å². The molecule has 0 aliphatic rings. The van der Waals surface area contributed by atoms with E-state index in [0.29, 0.717) is 18.6 Å². The van der Waals surface area contributed by atoms with Crippen molar-refractivity contribution in [2.45, 2.75) is 59.0 Å². The van der Waals surface area contributed by atoms with Crippen molar-refractivity contribution in [2.75, 3.05) is 13.1 Å². The molecule has 2 N–H and O–H groups in total. The molecule has 1 unspecified atom stereocenters. The fourth-order valence-corrected chi connectivity index (χ4v) is 3.25. The number of hydrazine groups is 1. The van der Waals surface area contributed by atoms with Crippen molar-refractivity contribution >= 4 is 28.5 Å². The minimum Gasteiger partial charge on any atom is -0.481 e. The van der Waals surface area contributed by atoms with Gasteiger partial charge >= 0.3 is 0 Å². The average molecular weight is 428 g/mol. The summed E-state index contributed by atoms with van der Waals surface area (Å²) in [4.78, 5) is 38.3. The average Bonchev–Trinajstić information content (AvgIpc) is 2.77. The van der Waals surface area contributed by atoms with E-state index in [4.69, 9.17) is 4.74 Å². The van der Waals surface area contributed by atoms with Gasteiger partial charge in [-0.05, 0) is 49.1 Å². The molecule has 0 heterocycles. The van der Waals surface area contributed by atoms with E-state index in [0.717, 1.165) is 36.7 Å². The van der Waals surface area contributed by atoms with Gasteiger partial charge in [0.15, 0.2) is 6.10 Å². The molecule has 2 aromatic rings. The van der Waals surface area contributed by atoms with Gasteiger partial charge in [0.25, 0.3) is 5.91 Å². The Hall–Kier alpha value is -3.09. The van der Waals surface area contributed by atoms with Crippen molar-refractivity contribution in [2.24, 2.45) is 0 Å². The Morgan fingerprint density at radius 1 is 0.935 bits per heavy atom. The second-order valence-corrected chi connectivity index (χ2v) is 7.54. The Kier molecular flexibility index (Phi) is 9.81. The zero-order valence-electron chi connectivity index (χ0n) is 18.6. The Labute approximate surface area is 184 Å². The monoisotopic (exact) mass is 427 g/mol. The first kappa shape index (κ1) is 24.2. The Morgan fingerprint density at radius 3 is 2.29 bits per heavy atom. The maximum Gasteiger partial charge on any atom is 0.279 e. The van der Waals surface area contributed by atoms with Crippen LogP contribution in [0.1, 0.15) is 52.9 Å². The lowest BCUT2D eigenvalue weighted by Crippen LogP contribution is -2.47. The lowest BCUT2D eigenvalue weighted by atomic mass is 10.1. The molecule has 7 heteroatoms. The number of hydrogen-bond donors (Lipinski definition) is 2. The predicted octanol–water partition coefficient (Wildman–Crippen LogP) is 3.57. The van der Waals surface area contributed by atoms with Crippen LogP contribution in [0, 0.1) is 0 Å². The van der Waals surface area contributed by atoms with Crippen LogP contribution < -0.4 is 15.6 Å². The molecule has 1 atom stereocenters. The van der Waals surface area contributed by atoms with Crippen LogP contribution in [0.2, 0.25) is 0 Å². The minimum atomic E-state index is -0.778. The number of nitrogens with one attached hydrogen (secondary N) is 2. The summed E-state index contributed by atoms with van der Waals surface area (Å²) in [6.07, 6.45) is 1.98. The molecule has 0 aliphatic carbocycles. The van der Waals surface area contributed by atoms with Gasteiger partial charge in [-0.2, -0.15) is 0 Å². The van der Waals surface area contributed by atoms with Crippen molar-refractivity contribution in [3.8, 4) is 5.75 Å². The molecule has 0 aromatic heterocycles. The molecule has 31 heavy (non-hydrogen) atoms. The molecule has 0 aliphatic heterocycles. The summed E-state index contributed by atoms with van der Waals surface area (Å²) >= 11 is 0. The van der Waals surface area contributed by atoms with Crippen LogP contribution >= 0.6 is 0 Å². The van der Waals surface area contributed by atoms with Gasteiger partial charge in [-0.1, -0.05) is 44.2 Å². The van der Waals surface area contributed by atoms with Gasteiger partial charge in [0, 0.05) is 25.9 Å². The maximum atomic E-state index is 12.2. The molecule has 0 spiro atoms. The Balaban J connectivity index is 1.71. The molecule has 0 saturated carbocycles. The predicted molar refractivity (Wildman–Crippen MR) is 121 cm³/mol. The normalized spacial score (nSPS) is 11.6. The third kappa shape index (κ3) is 7.92. The highest BCUT2D eigenvalue weighted by molar-refractivity contribution is 5.86. The molecular weight excluding hydrogens is 394 g/mol. The third-order valence-electron chi connectivity index (χ3n) is 4.86. The van der Waals surface area contributed by atoms with Crippen LogP contribution in [-0.2, 0) is 14.4 Å². The van der Waals surface area contributed by atoms with Crippen LogP contribution in [0.4, 0.5) is 0 Å². The van der Waals surface area contributed by atoms with Crippen molar-refractivity contribution in [3.05, 3.63) is 42.5 Å². The summed E-state index contributed by atoms with van der Waals surface area (Å²) in [5.74, 6) is -0.140. The van der Waals surface area contributed by atoms with Crippen LogP contribution in [0.25, 0.3) is 10.8 Å². The zero-order chi connectivity index (χ0) is 22.6. The fraction of sp³-hybridized carbons (Fsp3) is 0.458. The van der Waals surface area contributed by atoms with E-state index in [1.54, 1.807) is 6.92 Å². The lowest BCUT2D eigenvalue weighted by molar-refractivity contribution is -0.133. The van der Waals surface area contributed by atoms with Crippen LogP contribution in [0.3, 0.4) is 0 Å². The number of ether oxygens (including phenoxy) is 1. The highest BCUT2D eigenvalue weighted by Crippen LogP contribution is 2.21. The lowest BCUT2D eigenvalue weighted by Gasteiger charge is -2.21. The summed E-state index contributed by atoms with van der Waals surface area (Å²) in [6.45, 7) is 7.17. The number of rotatable bonds is 11. The van der Waals surface area contributed by atoms with Gasteiger partial charge in [0.05, 0.1) is 0 Å². The number of carbonyl (C=O) groups excluding carboxylic acids is 3. The maximum absolute atomic E-state index is 12.2. The van der Waals surface area contributed by atoms with Gasteiger partial charge in [-0.3, -0.25) is 25.2 Å².